The van der Waals surface area contributed by atoms with Gasteiger partial charge in [-0.2, -0.15) is 0 Å². The number of thioether (sulfide) groups is 1. The second kappa shape index (κ2) is 2.67. The number of nitrogens with zero attached hydrogens (tertiary/aromatic N) is 2. The highest BCUT2D eigenvalue weighted by molar-refractivity contribution is 7.98. The van der Waals surface area contributed by atoms with E-state index in [1.165, 1.54) is 11.8 Å². The molecule has 0 spiro atoms. The van der Waals surface area contributed by atoms with Crippen LogP contribution in [0.2, 0.25) is 0 Å². The van der Waals surface area contributed by atoms with E-state index < -0.39 is 0 Å². The number of rotatable bonds is 1. The van der Waals surface area contributed by atoms with Gasteiger partial charge in [0, 0.05) is 6.20 Å². The molecule has 1 rings (SSSR count). The first kappa shape index (κ1) is 5.56. The van der Waals surface area contributed by atoms with E-state index in [1.54, 1.807) is 12.3 Å². The van der Waals surface area contributed by atoms with Crippen molar-refractivity contribution in [2.75, 3.05) is 6.26 Å². The van der Waals surface area contributed by atoms with E-state index in [2.05, 4.69) is 16.2 Å². The van der Waals surface area contributed by atoms with Gasteiger partial charge in [-0.1, -0.05) is 11.8 Å². The highest BCUT2D eigenvalue weighted by Gasteiger charge is 1.84. The molecule has 0 fully saturated rings. The van der Waals surface area contributed by atoms with Crippen molar-refractivity contribution in [3.63, 3.8) is 0 Å². The molecule has 0 amide bonds. The summed E-state index contributed by atoms with van der Waals surface area (Å²) in [6, 6.07) is 1.68. The van der Waals surface area contributed by atoms with Gasteiger partial charge in [0.2, 0.25) is 0 Å². The van der Waals surface area contributed by atoms with Crippen LogP contribution in [0.25, 0.3) is 0 Å². The van der Waals surface area contributed by atoms with E-state index >= 15 is 0 Å². The quantitative estimate of drug-likeness (QED) is 0.413. The highest BCUT2D eigenvalue weighted by atomic mass is 32.2. The molecule has 2 nitrogen and oxygen atoms in total. The molecule has 0 aromatic carbocycles. The molecule has 1 radical (unpaired) electrons. The molecule has 0 aliphatic rings. The zero-order chi connectivity index (χ0) is 5.82. The fourth-order valence-corrected chi connectivity index (χ4v) is 0.664. The average molecular weight is 125 g/mol. The summed E-state index contributed by atoms with van der Waals surface area (Å²) in [6.07, 6.45) is 6.29. The van der Waals surface area contributed by atoms with Crippen LogP contribution in [0.4, 0.5) is 0 Å². The van der Waals surface area contributed by atoms with Gasteiger partial charge in [-0.15, -0.1) is 0 Å². The van der Waals surface area contributed by atoms with Gasteiger partial charge in [0.25, 0.3) is 0 Å². The molecule has 0 saturated heterocycles. The van der Waals surface area contributed by atoms with Gasteiger partial charge < -0.3 is 0 Å². The van der Waals surface area contributed by atoms with Crippen molar-refractivity contribution in [1.82, 2.24) is 9.97 Å². The summed E-state index contributed by atoms with van der Waals surface area (Å²) in [5.74, 6) is 0. The molecule has 0 bridgehead atoms. The molecule has 0 atom stereocenters. The van der Waals surface area contributed by atoms with Crippen molar-refractivity contribution in [3.8, 4) is 0 Å². The number of hydrogen-bond donors (Lipinski definition) is 0. The molecule has 3 heteroatoms. The van der Waals surface area contributed by atoms with E-state index in [-0.39, 0.29) is 0 Å². The summed E-state index contributed by atoms with van der Waals surface area (Å²) in [7, 11) is 0. The van der Waals surface area contributed by atoms with Crippen LogP contribution >= 0.6 is 11.8 Å². The molecule has 1 aromatic heterocycles. The number of aromatic nitrogens is 2. The molecule has 0 unspecified atom stereocenters. The predicted molar refractivity (Wildman–Crippen MR) is 32.6 cm³/mol. The standard InChI is InChI=1S/C5H5N2S/c1-8-5-6-3-2-4-7-5/h2-3H,1H3. The van der Waals surface area contributed by atoms with Crippen molar-refractivity contribution in [1.29, 1.82) is 0 Å². The van der Waals surface area contributed by atoms with Gasteiger partial charge in [0.1, 0.15) is 0 Å². The third kappa shape index (κ3) is 1.20. The van der Waals surface area contributed by atoms with Gasteiger partial charge in [-0.05, 0) is 12.3 Å². The van der Waals surface area contributed by atoms with Crippen LogP contribution in [0.3, 0.4) is 0 Å². The van der Waals surface area contributed by atoms with E-state index in [9.17, 15) is 0 Å². The smallest absolute Gasteiger partial charge is 0.187 e. The third-order valence-electron chi connectivity index (χ3n) is 0.677. The minimum Gasteiger partial charge on any atom is -0.231 e. The van der Waals surface area contributed by atoms with Gasteiger partial charge in [-0.3, -0.25) is 0 Å². The Morgan fingerprint density at radius 1 is 1.75 bits per heavy atom. The third-order valence-corrected chi connectivity index (χ3v) is 1.24. The normalized spacial score (nSPS) is 9.12. The average Bonchev–Trinajstić information content (AvgIpc) is 1.90. The second-order valence-electron chi connectivity index (χ2n) is 1.17. The lowest BCUT2D eigenvalue weighted by molar-refractivity contribution is 0.964. The highest BCUT2D eigenvalue weighted by Crippen LogP contribution is 2.02. The largest absolute Gasteiger partial charge is 0.231 e. The molecule has 8 heavy (non-hydrogen) atoms. The van der Waals surface area contributed by atoms with Gasteiger partial charge in [0.05, 0.1) is 6.20 Å². The Morgan fingerprint density at radius 3 is 3.00 bits per heavy atom. The van der Waals surface area contributed by atoms with Crippen molar-refractivity contribution in [3.05, 3.63) is 18.5 Å². The Morgan fingerprint density at radius 2 is 2.62 bits per heavy atom. The zero-order valence-electron chi connectivity index (χ0n) is 4.46. The lowest BCUT2D eigenvalue weighted by atomic mass is 10.7. The first-order valence-corrected chi connectivity index (χ1v) is 3.39. The van der Waals surface area contributed by atoms with Crippen LogP contribution in [-0.2, 0) is 0 Å². The summed E-state index contributed by atoms with van der Waals surface area (Å²) in [5.41, 5.74) is 0. The van der Waals surface area contributed by atoms with E-state index in [0.29, 0.717) is 0 Å². The van der Waals surface area contributed by atoms with Gasteiger partial charge in [-0.25, -0.2) is 9.97 Å². The summed E-state index contributed by atoms with van der Waals surface area (Å²) in [4.78, 5) is 7.74. The summed E-state index contributed by atoms with van der Waals surface area (Å²) in [6.45, 7) is 0. The van der Waals surface area contributed by atoms with Crippen LogP contribution < -0.4 is 0 Å². The van der Waals surface area contributed by atoms with Crippen LogP contribution in [0.1, 0.15) is 0 Å². The zero-order valence-corrected chi connectivity index (χ0v) is 5.27. The Labute approximate surface area is 52.4 Å². The first-order valence-electron chi connectivity index (χ1n) is 2.16. The molecule has 0 N–H and O–H groups in total. The summed E-state index contributed by atoms with van der Waals surface area (Å²) >= 11 is 1.52. The van der Waals surface area contributed by atoms with Crippen LogP contribution in [0.15, 0.2) is 17.4 Å². The summed E-state index contributed by atoms with van der Waals surface area (Å²) in [5, 5.41) is 0.771. The van der Waals surface area contributed by atoms with E-state index in [1.807, 2.05) is 6.26 Å². The molecule has 0 aliphatic carbocycles. The van der Waals surface area contributed by atoms with Crippen molar-refractivity contribution in [2.24, 2.45) is 0 Å². The monoisotopic (exact) mass is 125 g/mol. The molecular weight excluding hydrogens is 120 g/mol. The molecule has 0 aliphatic heterocycles. The number of hydrogen-bond acceptors (Lipinski definition) is 3. The van der Waals surface area contributed by atoms with Crippen molar-refractivity contribution >= 4 is 11.8 Å². The lowest BCUT2D eigenvalue weighted by Crippen LogP contribution is -1.79. The Hall–Kier alpha value is -0.570. The Kier molecular flexibility index (Phi) is 1.86. The molecule has 1 heterocycles. The molecule has 41 valence electrons. The van der Waals surface area contributed by atoms with Crippen molar-refractivity contribution < 1.29 is 0 Å². The van der Waals surface area contributed by atoms with Crippen LogP contribution in [-0.4, -0.2) is 16.2 Å². The topological polar surface area (TPSA) is 25.8 Å². The maximum absolute atomic E-state index is 3.92. The summed E-state index contributed by atoms with van der Waals surface area (Å²) < 4.78 is 0. The minimum absolute atomic E-state index is 0.771. The van der Waals surface area contributed by atoms with E-state index in [4.69, 9.17) is 0 Å². The fraction of sp³-hybridized carbons (Fsp3) is 0.200. The molecule has 1 aromatic rings. The Bertz CT molecular complexity index is 152. The molecule has 0 saturated carbocycles. The lowest BCUT2D eigenvalue weighted by Gasteiger charge is -1.86. The van der Waals surface area contributed by atoms with Crippen molar-refractivity contribution in [2.45, 2.75) is 5.16 Å². The molecular formula is C5H5N2S. The van der Waals surface area contributed by atoms with E-state index in [0.717, 1.165) is 5.16 Å². The maximum Gasteiger partial charge on any atom is 0.187 e. The SMILES string of the molecule is CSc1n[c]ccn1. The van der Waals surface area contributed by atoms with Crippen LogP contribution in [0, 0.1) is 6.20 Å². The maximum atomic E-state index is 3.92. The Balaban J connectivity index is 2.83. The predicted octanol–water partition coefficient (Wildman–Crippen LogP) is 0.999. The van der Waals surface area contributed by atoms with Gasteiger partial charge >= 0.3 is 0 Å². The minimum atomic E-state index is 0.771. The fourth-order valence-electron chi connectivity index (χ4n) is 0.354. The second-order valence-corrected chi connectivity index (χ2v) is 1.95. The first-order chi connectivity index (χ1) is 3.93. The van der Waals surface area contributed by atoms with Crippen LogP contribution in [0.5, 0.6) is 0 Å². The van der Waals surface area contributed by atoms with Gasteiger partial charge in [0.15, 0.2) is 5.16 Å².